The number of hydrogen-bond acceptors (Lipinski definition) is 5. The molecular formula is C15H19N3O3. The van der Waals surface area contributed by atoms with Gasteiger partial charge in [0.25, 0.3) is 5.69 Å². The fraction of sp³-hybridized carbons (Fsp3) is 0.200. The summed E-state index contributed by atoms with van der Waals surface area (Å²) in [7, 11) is 0. The van der Waals surface area contributed by atoms with E-state index in [9.17, 15) is 15.0 Å². The van der Waals surface area contributed by atoms with Crippen LogP contribution >= 0.6 is 0 Å². The lowest BCUT2D eigenvalue weighted by atomic mass is 10.2. The van der Waals surface area contributed by atoms with E-state index in [0.29, 0.717) is 11.4 Å². The second-order valence-electron chi connectivity index (χ2n) is 3.51. The van der Waals surface area contributed by atoms with Crippen molar-refractivity contribution in [3.63, 3.8) is 0 Å². The van der Waals surface area contributed by atoms with Gasteiger partial charge < -0.3 is 5.32 Å². The Hall–Kier alpha value is -2.76. The first-order valence-electron chi connectivity index (χ1n) is 6.46. The van der Waals surface area contributed by atoms with Gasteiger partial charge in [0.1, 0.15) is 5.70 Å². The smallest absolute Gasteiger partial charge is 0.269 e. The molecule has 1 aromatic carbocycles. The van der Waals surface area contributed by atoms with Crippen LogP contribution in [-0.4, -0.2) is 4.92 Å². The fourth-order valence-corrected chi connectivity index (χ4v) is 1.39. The topological polar surface area (TPSA) is 84.6 Å². The Morgan fingerprint density at radius 1 is 1.33 bits per heavy atom. The average molecular weight is 289 g/mol. The van der Waals surface area contributed by atoms with Crippen molar-refractivity contribution in [3.05, 3.63) is 75.5 Å². The number of hydrogen-bond donors (Lipinski definition) is 1. The second kappa shape index (κ2) is 10.1. The molecule has 0 aliphatic heterocycles. The lowest BCUT2D eigenvalue weighted by Crippen LogP contribution is -2.01. The molecule has 0 spiro atoms. The van der Waals surface area contributed by atoms with Crippen LogP contribution in [0.4, 0.5) is 11.4 Å². The molecule has 0 saturated carbocycles. The standard InChI is InChI=1S/C13H13N3O3.C2H6/c1-3-5-13(12(4-2)15-17)14-10-6-8-11(9-7-10)16(18)19;1-2/h3-9,14H,1H2,2H3;1-2H3/b12-4+,13-5+;. The molecule has 6 nitrogen and oxygen atoms in total. The molecule has 0 radical (unpaired) electrons. The first kappa shape index (κ1) is 18.2. The molecule has 1 aromatic rings. The van der Waals surface area contributed by atoms with Gasteiger partial charge in [-0.15, -0.1) is 4.91 Å². The van der Waals surface area contributed by atoms with E-state index < -0.39 is 4.92 Å². The lowest BCUT2D eigenvalue weighted by molar-refractivity contribution is -0.384. The Kier molecular flexibility index (Phi) is 8.75. The number of nitro benzene ring substituents is 1. The highest BCUT2D eigenvalue weighted by Crippen LogP contribution is 2.20. The predicted molar refractivity (Wildman–Crippen MR) is 85.9 cm³/mol. The van der Waals surface area contributed by atoms with Gasteiger partial charge in [-0.25, -0.2) is 0 Å². The highest BCUT2D eigenvalue weighted by Gasteiger charge is 2.07. The summed E-state index contributed by atoms with van der Waals surface area (Å²) in [6.07, 6.45) is 4.67. The van der Waals surface area contributed by atoms with E-state index in [1.165, 1.54) is 18.2 Å². The molecule has 0 bridgehead atoms. The minimum Gasteiger partial charge on any atom is -0.354 e. The molecule has 0 heterocycles. The van der Waals surface area contributed by atoms with Gasteiger partial charge in [0.2, 0.25) is 0 Å². The van der Waals surface area contributed by atoms with Crippen molar-refractivity contribution in [2.45, 2.75) is 20.8 Å². The first-order chi connectivity index (χ1) is 10.1. The lowest BCUT2D eigenvalue weighted by Gasteiger charge is -2.09. The van der Waals surface area contributed by atoms with Crippen LogP contribution in [0.3, 0.4) is 0 Å². The van der Waals surface area contributed by atoms with E-state index in [2.05, 4.69) is 17.1 Å². The molecule has 1 rings (SSSR count). The summed E-state index contributed by atoms with van der Waals surface area (Å²) in [6.45, 7) is 9.24. The molecule has 1 N–H and O–H groups in total. The summed E-state index contributed by atoms with van der Waals surface area (Å²) in [5, 5.41) is 16.4. The molecule has 112 valence electrons. The van der Waals surface area contributed by atoms with Gasteiger partial charge in [-0.3, -0.25) is 10.1 Å². The Labute approximate surface area is 124 Å². The van der Waals surface area contributed by atoms with Crippen molar-refractivity contribution in [1.29, 1.82) is 0 Å². The van der Waals surface area contributed by atoms with Gasteiger partial charge in [-0.2, -0.15) is 0 Å². The van der Waals surface area contributed by atoms with E-state index in [1.807, 2.05) is 13.8 Å². The predicted octanol–water partition coefficient (Wildman–Crippen LogP) is 4.77. The van der Waals surface area contributed by atoms with Gasteiger partial charge >= 0.3 is 0 Å². The van der Waals surface area contributed by atoms with E-state index in [-0.39, 0.29) is 11.4 Å². The molecule has 0 aliphatic carbocycles. The summed E-state index contributed by atoms with van der Waals surface area (Å²) in [5.74, 6) is 0. The van der Waals surface area contributed by atoms with Gasteiger partial charge in [0.15, 0.2) is 0 Å². The summed E-state index contributed by atoms with van der Waals surface area (Å²) in [6, 6.07) is 5.84. The molecular weight excluding hydrogens is 270 g/mol. The van der Waals surface area contributed by atoms with Crippen molar-refractivity contribution in [2.75, 3.05) is 5.32 Å². The van der Waals surface area contributed by atoms with E-state index in [1.54, 1.807) is 31.2 Å². The summed E-state index contributed by atoms with van der Waals surface area (Å²) < 4.78 is 0. The molecule has 0 atom stereocenters. The maximum absolute atomic E-state index is 10.7. The summed E-state index contributed by atoms with van der Waals surface area (Å²) in [4.78, 5) is 20.7. The van der Waals surface area contributed by atoms with Crippen LogP contribution < -0.4 is 5.32 Å². The summed E-state index contributed by atoms with van der Waals surface area (Å²) in [5.41, 5.74) is 1.32. The highest BCUT2D eigenvalue weighted by atomic mass is 16.6. The number of nitroso groups, excluding NO2 is 1. The Bertz CT molecular complexity index is 546. The molecule has 0 amide bonds. The third-order valence-electron chi connectivity index (χ3n) is 2.29. The zero-order valence-electron chi connectivity index (χ0n) is 12.4. The fourth-order valence-electron chi connectivity index (χ4n) is 1.39. The zero-order valence-corrected chi connectivity index (χ0v) is 12.4. The van der Waals surface area contributed by atoms with Gasteiger partial charge in [-0.05, 0) is 30.3 Å². The van der Waals surface area contributed by atoms with Gasteiger partial charge in [0.05, 0.1) is 10.6 Å². The minimum atomic E-state index is -0.478. The Morgan fingerprint density at radius 3 is 2.29 bits per heavy atom. The highest BCUT2D eigenvalue weighted by molar-refractivity contribution is 5.56. The maximum Gasteiger partial charge on any atom is 0.269 e. The molecule has 21 heavy (non-hydrogen) atoms. The first-order valence-corrected chi connectivity index (χ1v) is 6.46. The van der Waals surface area contributed by atoms with Crippen LogP contribution in [0, 0.1) is 15.0 Å². The van der Waals surface area contributed by atoms with Gasteiger partial charge in [-0.1, -0.05) is 32.6 Å². The second-order valence-corrected chi connectivity index (χ2v) is 3.51. The minimum absolute atomic E-state index is 0.000398. The number of benzene rings is 1. The van der Waals surface area contributed by atoms with Crippen LogP contribution in [-0.2, 0) is 0 Å². The Morgan fingerprint density at radius 2 is 1.90 bits per heavy atom. The molecule has 0 saturated heterocycles. The molecule has 0 unspecified atom stereocenters. The Balaban J connectivity index is 0.00000191. The molecule has 0 aliphatic rings. The molecule has 0 aromatic heterocycles. The largest absolute Gasteiger partial charge is 0.354 e. The van der Waals surface area contributed by atoms with Crippen molar-refractivity contribution >= 4 is 11.4 Å². The van der Waals surface area contributed by atoms with Crippen molar-refractivity contribution in [3.8, 4) is 0 Å². The molecule has 0 fully saturated rings. The number of non-ortho nitro benzene ring substituents is 1. The monoisotopic (exact) mass is 289 g/mol. The van der Waals surface area contributed by atoms with Gasteiger partial charge in [0, 0.05) is 17.8 Å². The number of allylic oxidation sites excluding steroid dienone is 3. The van der Waals surface area contributed by atoms with E-state index >= 15 is 0 Å². The van der Waals surface area contributed by atoms with Crippen molar-refractivity contribution < 1.29 is 4.92 Å². The number of nitrogens with one attached hydrogen (secondary N) is 1. The van der Waals surface area contributed by atoms with E-state index in [4.69, 9.17) is 0 Å². The van der Waals surface area contributed by atoms with Crippen molar-refractivity contribution in [2.24, 2.45) is 5.18 Å². The number of nitrogens with zero attached hydrogens (tertiary/aromatic N) is 2. The average Bonchev–Trinajstić information content (AvgIpc) is 2.51. The third kappa shape index (κ3) is 5.82. The van der Waals surface area contributed by atoms with Crippen LogP contribution in [0.1, 0.15) is 20.8 Å². The normalized spacial score (nSPS) is 11.0. The number of nitro groups is 1. The zero-order chi connectivity index (χ0) is 16.3. The van der Waals surface area contributed by atoms with Crippen LogP contribution in [0.2, 0.25) is 0 Å². The van der Waals surface area contributed by atoms with E-state index in [0.717, 1.165) is 0 Å². The van der Waals surface area contributed by atoms with Crippen LogP contribution in [0.15, 0.2) is 65.6 Å². The summed E-state index contributed by atoms with van der Waals surface area (Å²) >= 11 is 0. The number of anilines is 1. The third-order valence-corrected chi connectivity index (χ3v) is 2.29. The maximum atomic E-state index is 10.7. The van der Waals surface area contributed by atoms with Crippen LogP contribution in [0.5, 0.6) is 0 Å². The number of rotatable bonds is 6. The van der Waals surface area contributed by atoms with Crippen molar-refractivity contribution in [1.82, 2.24) is 0 Å². The quantitative estimate of drug-likeness (QED) is 0.353. The molecule has 6 heteroatoms. The van der Waals surface area contributed by atoms with Crippen LogP contribution in [0.25, 0.3) is 0 Å². The SMILES string of the molecule is C=C/C=C(Nc1ccc([N+](=O)[O-])cc1)\C(=C/C)N=O.CC.